The lowest BCUT2D eigenvalue weighted by atomic mass is 10.1. The lowest BCUT2D eigenvalue weighted by molar-refractivity contribution is -0.137. The molecule has 1 aromatic heterocycles. The number of carbonyl (C=O) groups excluding carboxylic acids is 1. The van der Waals surface area contributed by atoms with Gasteiger partial charge in [0.25, 0.3) is 0 Å². The molecule has 0 aliphatic rings. The van der Waals surface area contributed by atoms with Crippen molar-refractivity contribution in [3.05, 3.63) is 47.5 Å². The van der Waals surface area contributed by atoms with Crippen LogP contribution in [-0.4, -0.2) is 52.2 Å². The molecule has 1 heterocycles. The molecule has 2 aromatic rings. The summed E-state index contributed by atoms with van der Waals surface area (Å²) in [6.07, 6.45) is -3.01. The van der Waals surface area contributed by atoms with Crippen LogP contribution in [0.1, 0.15) is 17.0 Å². The fourth-order valence-corrected chi connectivity index (χ4v) is 2.15. The number of aryl methyl sites for hydroxylation is 1. The van der Waals surface area contributed by atoms with Crippen LogP contribution in [0.3, 0.4) is 0 Å². The number of likely N-dealkylation sites (N-methyl/N-ethyl adjacent to an activating group) is 1. The number of carbonyl (C=O) groups is 1. The SMILES string of the molecule is CN(C)C(=O)CNC(=NCc1cccc(C(F)(F)F)c1)NCc1ncnn1C.I. The number of guanidine groups is 1. The number of hydrogen-bond acceptors (Lipinski definition) is 4. The normalized spacial score (nSPS) is 11.6. The molecular weight excluding hydrogens is 502 g/mol. The van der Waals surface area contributed by atoms with Crippen molar-refractivity contribution in [1.82, 2.24) is 30.3 Å². The molecule has 0 saturated heterocycles. The molecule has 0 saturated carbocycles. The van der Waals surface area contributed by atoms with Gasteiger partial charge in [0.2, 0.25) is 5.91 Å². The molecule has 29 heavy (non-hydrogen) atoms. The van der Waals surface area contributed by atoms with Crippen LogP contribution >= 0.6 is 24.0 Å². The molecule has 0 spiro atoms. The summed E-state index contributed by atoms with van der Waals surface area (Å²) in [6, 6.07) is 4.95. The van der Waals surface area contributed by atoms with Gasteiger partial charge in [0.15, 0.2) is 5.96 Å². The average molecular weight is 525 g/mol. The van der Waals surface area contributed by atoms with E-state index in [4.69, 9.17) is 0 Å². The summed E-state index contributed by atoms with van der Waals surface area (Å²) >= 11 is 0. The smallest absolute Gasteiger partial charge is 0.349 e. The molecule has 2 N–H and O–H groups in total. The van der Waals surface area contributed by atoms with Crippen LogP contribution in [-0.2, 0) is 31.1 Å². The Bertz CT molecular complexity index is 836. The number of nitrogens with one attached hydrogen (secondary N) is 2. The van der Waals surface area contributed by atoms with Gasteiger partial charge < -0.3 is 15.5 Å². The van der Waals surface area contributed by atoms with Gasteiger partial charge in [0.05, 0.1) is 25.2 Å². The summed E-state index contributed by atoms with van der Waals surface area (Å²) in [7, 11) is 4.97. The van der Waals surface area contributed by atoms with Crippen molar-refractivity contribution in [2.45, 2.75) is 19.3 Å². The molecule has 1 amide bonds. The molecule has 0 radical (unpaired) electrons. The highest BCUT2D eigenvalue weighted by Crippen LogP contribution is 2.29. The zero-order chi connectivity index (χ0) is 20.7. The van der Waals surface area contributed by atoms with Gasteiger partial charge in [-0.15, -0.1) is 24.0 Å². The van der Waals surface area contributed by atoms with Gasteiger partial charge in [-0.2, -0.15) is 18.3 Å². The van der Waals surface area contributed by atoms with E-state index in [1.165, 1.54) is 17.3 Å². The number of aliphatic imine (C=N–C) groups is 1. The number of alkyl halides is 3. The van der Waals surface area contributed by atoms with Crippen molar-refractivity contribution >= 4 is 35.8 Å². The zero-order valence-electron chi connectivity index (χ0n) is 16.2. The third-order valence-corrected chi connectivity index (χ3v) is 3.80. The van der Waals surface area contributed by atoms with E-state index in [0.717, 1.165) is 12.1 Å². The van der Waals surface area contributed by atoms with Crippen LogP contribution < -0.4 is 10.6 Å². The molecule has 2 rings (SSSR count). The van der Waals surface area contributed by atoms with Crippen molar-refractivity contribution in [3.63, 3.8) is 0 Å². The number of aromatic nitrogens is 3. The van der Waals surface area contributed by atoms with E-state index in [1.807, 2.05) is 0 Å². The first-order valence-corrected chi connectivity index (χ1v) is 8.38. The van der Waals surface area contributed by atoms with E-state index in [0.29, 0.717) is 11.4 Å². The number of nitrogens with zero attached hydrogens (tertiary/aromatic N) is 5. The van der Waals surface area contributed by atoms with E-state index < -0.39 is 11.7 Å². The van der Waals surface area contributed by atoms with Gasteiger partial charge in [-0.05, 0) is 17.7 Å². The first-order chi connectivity index (χ1) is 13.2. The first-order valence-electron chi connectivity index (χ1n) is 8.38. The maximum atomic E-state index is 12.8. The standard InChI is InChI=1S/C17H22F3N7O.HI/c1-26(2)15(28)10-23-16(22-9-14-24-11-25-27(14)3)21-8-12-5-4-6-13(7-12)17(18,19)20;/h4-7,11H,8-10H2,1-3H3,(H2,21,22,23);1H. The maximum absolute atomic E-state index is 12.8. The Morgan fingerprint density at radius 1 is 1.28 bits per heavy atom. The maximum Gasteiger partial charge on any atom is 0.416 e. The molecule has 160 valence electrons. The molecule has 0 fully saturated rings. The second kappa shape index (κ2) is 11.0. The predicted octanol–water partition coefficient (Wildman–Crippen LogP) is 1.78. The van der Waals surface area contributed by atoms with Gasteiger partial charge in [-0.1, -0.05) is 12.1 Å². The Morgan fingerprint density at radius 2 is 2.00 bits per heavy atom. The average Bonchev–Trinajstić information content (AvgIpc) is 3.05. The van der Waals surface area contributed by atoms with E-state index in [9.17, 15) is 18.0 Å². The fourth-order valence-electron chi connectivity index (χ4n) is 2.15. The van der Waals surface area contributed by atoms with E-state index in [1.54, 1.807) is 31.9 Å². The number of amides is 1. The van der Waals surface area contributed by atoms with Crippen LogP contribution in [0.15, 0.2) is 35.6 Å². The van der Waals surface area contributed by atoms with E-state index in [2.05, 4.69) is 25.7 Å². The van der Waals surface area contributed by atoms with Crippen molar-refractivity contribution in [2.75, 3.05) is 20.6 Å². The van der Waals surface area contributed by atoms with Crippen molar-refractivity contribution in [3.8, 4) is 0 Å². The number of hydrogen-bond donors (Lipinski definition) is 2. The molecule has 8 nitrogen and oxygen atoms in total. The van der Waals surface area contributed by atoms with Crippen LogP contribution in [0, 0.1) is 0 Å². The number of halogens is 4. The van der Waals surface area contributed by atoms with Gasteiger partial charge >= 0.3 is 6.18 Å². The third-order valence-electron chi connectivity index (χ3n) is 3.80. The minimum absolute atomic E-state index is 0. The Labute approximate surface area is 183 Å². The summed E-state index contributed by atoms with van der Waals surface area (Å²) in [5, 5.41) is 9.82. The summed E-state index contributed by atoms with van der Waals surface area (Å²) in [5.74, 6) is 0.732. The zero-order valence-corrected chi connectivity index (χ0v) is 18.5. The highest BCUT2D eigenvalue weighted by atomic mass is 127. The largest absolute Gasteiger partial charge is 0.416 e. The highest BCUT2D eigenvalue weighted by molar-refractivity contribution is 14.0. The van der Waals surface area contributed by atoms with Crippen LogP contribution in [0.2, 0.25) is 0 Å². The topological polar surface area (TPSA) is 87.4 Å². The highest BCUT2D eigenvalue weighted by Gasteiger charge is 2.30. The molecule has 0 bridgehead atoms. The van der Waals surface area contributed by atoms with E-state index in [-0.39, 0.29) is 55.5 Å². The first kappa shape index (κ1) is 24.7. The molecule has 12 heteroatoms. The summed E-state index contributed by atoms with van der Waals surface area (Å²) in [5.41, 5.74) is -0.335. The summed E-state index contributed by atoms with van der Waals surface area (Å²) in [6.45, 7) is 0.273. The fraction of sp³-hybridized carbons (Fsp3) is 0.412. The summed E-state index contributed by atoms with van der Waals surface area (Å²) < 4.78 is 40.1. The Morgan fingerprint density at radius 3 is 2.59 bits per heavy atom. The lowest BCUT2D eigenvalue weighted by Crippen LogP contribution is -2.43. The second-order valence-corrected chi connectivity index (χ2v) is 6.16. The van der Waals surface area contributed by atoms with Crippen LogP contribution in [0.5, 0.6) is 0 Å². The van der Waals surface area contributed by atoms with E-state index >= 15 is 0 Å². The Kier molecular flexibility index (Phi) is 9.33. The minimum atomic E-state index is -4.41. The monoisotopic (exact) mass is 525 g/mol. The minimum Gasteiger partial charge on any atom is -0.349 e. The molecule has 0 aliphatic carbocycles. The third kappa shape index (κ3) is 7.87. The molecule has 0 unspecified atom stereocenters. The van der Waals surface area contributed by atoms with Gasteiger partial charge in [-0.3, -0.25) is 9.48 Å². The number of benzene rings is 1. The Balaban J connectivity index is 0.00000420. The predicted molar refractivity (Wildman–Crippen MR) is 113 cm³/mol. The van der Waals surface area contributed by atoms with Crippen LogP contribution in [0.4, 0.5) is 13.2 Å². The Hall–Kier alpha value is -2.38. The molecule has 1 aromatic carbocycles. The van der Waals surface area contributed by atoms with Crippen molar-refractivity contribution in [2.24, 2.45) is 12.0 Å². The van der Waals surface area contributed by atoms with Crippen LogP contribution in [0.25, 0.3) is 0 Å². The number of rotatable bonds is 6. The molecular formula is C17H23F3IN7O. The lowest BCUT2D eigenvalue weighted by Gasteiger charge is -2.15. The second-order valence-electron chi connectivity index (χ2n) is 6.16. The van der Waals surface area contributed by atoms with Gasteiger partial charge in [0, 0.05) is 21.1 Å². The molecule has 0 atom stereocenters. The summed E-state index contributed by atoms with van der Waals surface area (Å²) in [4.78, 5) is 21.6. The molecule has 0 aliphatic heterocycles. The van der Waals surface area contributed by atoms with Gasteiger partial charge in [0.1, 0.15) is 12.2 Å². The quantitative estimate of drug-likeness (QED) is 0.341. The van der Waals surface area contributed by atoms with Crippen molar-refractivity contribution in [1.29, 1.82) is 0 Å². The van der Waals surface area contributed by atoms with Gasteiger partial charge in [-0.25, -0.2) is 9.98 Å². The van der Waals surface area contributed by atoms with Crippen molar-refractivity contribution < 1.29 is 18.0 Å².